The molecule has 1 amide bonds. The molecule has 2 N–H and O–H groups in total. The summed E-state index contributed by atoms with van der Waals surface area (Å²) >= 11 is 0. The highest BCUT2D eigenvalue weighted by molar-refractivity contribution is 5.82. The number of rotatable bonds is 5. The van der Waals surface area contributed by atoms with Gasteiger partial charge in [0.1, 0.15) is 12.2 Å². The highest BCUT2D eigenvalue weighted by Gasteiger charge is 2.78. The molecule has 172 valence electrons. The van der Waals surface area contributed by atoms with Gasteiger partial charge in [0.25, 0.3) is 0 Å². The van der Waals surface area contributed by atoms with E-state index in [2.05, 4.69) is 43.4 Å². The molecule has 0 unspecified atom stereocenters. The summed E-state index contributed by atoms with van der Waals surface area (Å²) in [6.07, 6.45) is 1.97. The third kappa shape index (κ3) is 2.53. The highest BCUT2D eigenvalue weighted by atomic mass is 16.6. The molecule has 5 atom stereocenters. The fourth-order valence-electron chi connectivity index (χ4n) is 7.56. The molecule has 2 aromatic carbocycles. The van der Waals surface area contributed by atoms with E-state index in [1.807, 2.05) is 24.3 Å². The van der Waals surface area contributed by atoms with Gasteiger partial charge in [0.05, 0.1) is 6.61 Å². The van der Waals surface area contributed by atoms with Crippen LogP contribution in [0, 0.1) is 16.7 Å². The van der Waals surface area contributed by atoms with E-state index in [4.69, 9.17) is 9.47 Å². The number of nitrogens with one attached hydrogen (secondary N) is 1. The van der Waals surface area contributed by atoms with Crippen LogP contribution in [0.2, 0.25) is 0 Å². The second-order valence-corrected chi connectivity index (χ2v) is 10.6. The van der Waals surface area contributed by atoms with E-state index in [0.717, 1.165) is 35.1 Å². The Kier molecular flexibility index (Phi) is 4.29. The number of carboxylic acid groups (broad SMARTS) is 1. The number of carboxylic acids is 1. The van der Waals surface area contributed by atoms with E-state index in [1.54, 1.807) is 0 Å². The molecule has 6 rings (SSSR count). The lowest BCUT2D eigenvalue weighted by molar-refractivity contribution is -0.158. The van der Waals surface area contributed by atoms with Gasteiger partial charge >= 0.3 is 12.1 Å². The van der Waals surface area contributed by atoms with Crippen LogP contribution in [0.5, 0.6) is 0 Å². The van der Waals surface area contributed by atoms with Crippen molar-refractivity contribution in [2.24, 2.45) is 16.7 Å². The number of alkyl carbamates (subject to hydrolysis) is 1. The van der Waals surface area contributed by atoms with Crippen LogP contribution in [-0.2, 0) is 14.3 Å². The summed E-state index contributed by atoms with van der Waals surface area (Å²) in [4.78, 5) is 25.3. The van der Waals surface area contributed by atoms with E-state index < -0.39 is 23.7 Å². The summed E-state index contributed by atoms with van der Waals surface area (Å²) in [5.41, 5.74) is 3.34. The van der Waals surface area contributed by atoms with Gasteiger partial charge in [-0.1, -0.05) is 62.4 Å². The molecule has 3 aliphatic carbocycles. The zero-order chi connectivity index (χ0) is 23.0. The molecule has 0 spiro atoms. The zero-order valence-electron chi connectivity index (χ0n) is 19.0. The van der Waals surface area contributed by atoms with Crippen LogP contribution in [0.25, 0.3) is 11.1 Å². The molecule has 6 heteroatoms. The van der Waals surface area contributed by atoms with Crippen molar-refractivity contribution in [2.75, 3.05) is 13.2 Å². The van der Waals surface area contributed by atoms with Crippen LogP contribution in [0.4, 0.5) is 4.79 Å². The summed E-state index contributed by atoms with van der Waals surface area (Å²) in [6.45, 7) is 5.05. The molecule has 4 bridgehead atoms. The first-order valence-electron chi connectivity index (χ1n) is 11.8. The van der Waals surface area contributed by atoms with Crippen molar-refractivity contribution in [3.63, 3.8) is 0 Å². The minimum atomic E-state index is -1.13. The van der Waals surface area contributed by atoms with Crippen LogP contribution in [0.3, 0.4) is 0 Å². The normalized spacial score (nSPS) is 34.1. The Morgan fingerprint density at radius 1 is 1.12 bits per heavy atom. The van der Waals surface area contributed by atoms with Gasteiger partial charge in [-0.25, -0.2) is 9.59 Å². The van der Waals surface area contributed by atoms with Crippen molar-refractivity contribution in [1.82, 2.24) is 5.32 Å². The summed E-state index contributed by atoms with van der Waals surface area (Å²) in [5, 5.41) is 12.8. The van der Waals surface area contributed by atoms with Crippen LogP contribution in [0.1, 0.15) is 50.2 Å². The smallest absolute Gasteiger partial charge is 0.407 e. The number of fused-ring (bicyclic) bond motifs is 3. The van der Waals surface area contributed by atoms with Gasteiger partial charge in [0.2, 0.25) is 0 Å². The fourth-order valence-corrected chi connectivity index (χ4v) is 7.56. The molecule has 3 fully saturated rings. The molecular weight excluding hydrogens is 418 g/mol. The molecule has 1 saturated heterocycles. The van der Waals surface area contributed by atoms with E-state index in [1.165, 1.54) is 0 Å². The lowest BCUT2D eigenvalue weighted by atomic mass is 9.64. The molecule has 2 saturated carbocycles. The van der Waals surface area contributed by atoms with Crippen LogP contribution in [-0.4, -0.2) is 42.0 Å². The van der Waals surface area contributed by atoms with E-state index in [9.17, 15) is 14.7 Å². The predicted octanol–water partition coefficient (Wildman–Crippen LogP) is 4.57. The second kappa shape index (κ2) is 6.83. The molecule has 4 aliphatic rings. The Bertz CT molecular complexity index is 1120. The Morgan fingerprint density at radius 3 is 2.33 bits per heavy atom. The second-order valence-electron chi connectivity index (χ2n) is 10.6. The van der Waals surface area contributed by atoms with Crippen molar-refractivity contribution in [3.05, 3.63) is 59.7 Å². The number of carbonyl (C=O) groups excluding carboxylic acids is 1. The SMILES string of the molecule is C[C@]12CC[C@@H]3C[C@@]1([C@@H](NC(=O)OCC1c4ccccc4-c4ccccc41)C(=O)O)OC[C@@]32C. The van der Waals surface area contributed by atoms with Crippen molar-refractivity contribution in [1.29, 1.82) is 0 Å². The summed E-state index contributed by atoms with van der Waals surface area (Å²) in [7, 11) is 0. The van der Waals surface area contributed by atoms with Gasteiger partial charge in [-0.05, 0) is 47.4 Å². The van der Waals surface area contributed by atoms with E-state index in [-0.39, 0.29) is 23.4 Å². The van der Waals surface area contributed by atoms with Gasteiger partial charge in [-0.15, -0.1) is 0 Å². The Morgan fingerprint density at radius 2 is 1.76 bits per heavy atom. The lowest BCUT2D eigenvalue weighted by Gasteiger charge is -2.45. The van der Waals surface area contributed by atoms with Crippen LogP contribution in [0.15, 0.2) is 48.5 Å². The first-order chi connectivity index (χ1) is 15.8. The average molecular weight is 448 g/mol. The maximum Gasteiger partial charge on any atom is 0.407 e. The number of hydrogen-bond acceptors (Lipinski definition) is 4. The van der Waals surface area contributed by atoms with Crippen molar-refractivity contribution in [2.45, 2.75) is 50.7 Å². The molecular formula is C27H29NO5. The average Bonchev–Trinajstić information content (AvgIpc) is 3.41. The molecule has 33 heavy (non-hydrogen) atoms. The summed E-state index contributed by atoms with van der Waals surface area (Å²) in [5.74, 6) is -0.709. The first kappa shape index (κ1) is 20.7. The van der Waals surface area contributed by atoms with Gasteiger partial charge in [0.15, 0.2) is 6.04 Å². The molecule has 1 aliphatic heterocycles. The fraction of sp³-hybridized carbons (Fsp3) is 0.481. The van der Waals surface area contributed by atoms with Gasteiger partial charge in [-0.3, -0.25) is 0 Å². The molecule has 0 aromatic heterocycles. The number of aliphatic carboxylic acids is 1. The first-order valence-corrected chi connectivity index (χ1v) is 11.8. The lowest BCUT2D eigenvalue weighted by Crippen LogP contribution is -2.62. The van der Waals surface area contributed by atoms with Crippen molar-refractivity contribution >= 4 is 12.1 Å². The zero-order valence-corrected chi connectivity index (χ0v) is 19.0. The molecule has 0 radical (unpaired) electrons. The summed E-state index contributed by atoms with van der Waals surface area (Å²) in [6, 6.07) is 15.1. The van der Waals surface area contributed by atoms with E-state index >= 15 is 0 Å². The van der Waals surface area contributed by atoms with Crippen LogP contribution >= 0.6 is 0 Å². The third-order valence-corrected chi connectivity index (χ3v) is 9.59. The topological polar surface area (TPSA) is 84.9 Å². The minimum absolute atomic E-state index is 0.0381. The third-order valence-electron chi connectivity index (χ3n) is 9.59. The van der Waals surface area contributed by atoms with Crippen molar-refractivity contribution in [3.8, 4) is 11.1 Å². The Hall–Kier alpha value is -2.86. The standard InChI is InChI=1S/C27H29NO5/c1-25-15-33-27(13-16(25)11-12-26(25,27)2)22(23(29)30)28-24(31)32-14-21-19-9-5-3-7-17(19)18-8-4-6-10-20(18)21/h3-10,16,21-22H,11-15H2,1-2H3,(H,28,31)(H,29,30)/t16-,22+,25+,26-,27+/m1/s1. The molecule has 2 aromatic rings. The van der Waals surface area contributed by atoms with Gasteiger partial charge < -0.3 is 19.9 Å². The maximum absolute atomic E-state index is 12.9. The van der Waals surface area contributed by atoms with Crippen molar-refractivity contribution < 1.29 is 24.2 Å². The quantitative estimate of drug-likeness (QED) is 0.701. The Labute approximate surface area is 193 Å². The maximum atomic E-state index is 12.9. The number of ether oxygens (including phenoxy) is 2. The number of amides is 1. The Balaban J connectivity index is 1.21. The minimum Gasteiger partial charge on any atom is -0.480 e. The number of carbonyl (C=O) groups is 2. The molecule has 6 nitrogen and oxygen atoms in total. The monoisotopic (exact) mass is 447 g/mol. The highest BCUT2D eigenvalue weighted by Crippen LogP contribution is 2.75. The largest absolute Gasteiger partial charge is 0.480 e. The van der Waals surface area contributed by atoms with Gasteiger partial charge in [0, 0.05) is 16.7 Å². The number of hydrogen-bond donors (Lipinski definition) is 2. The number of benzene rings is 2. The van der Waals surface area contributed by atoms with Crippen LogP contribution < -0.4 is 5.32 Å². The summed E-state index contributed by atoms with van der Waals surface area (Å²) < 4.78 is 11.9. The molecule has 1 heterocycles. The van der Waals surface area contributed by atoms with E-state index in [0.29, 0.717) is 18.9 Å². The predicted molar refractivity (Wildman–Crippen MR) is 122 cm³/mol. The van der Waals surface area contributed by atoms with Gasteiger partial charge in [-0.2, -0.15) is 0 Å².